The van der Waals surface area contributed by atoms with E-state index < -0.39 is 0 Å². The molecule has 0 aliphatic heterocycles. The molecule has 0 saturated heterocycles. The van der Waals surface area contributed by atoms with Gasteiger partial charge in [-0.1, -0.05) is 20.8 Å². The normalized spacial score (nSPS) is 10.5. The number of nitrogens with two attached hydrogens (primary N) is 1. The average molecular weight is 309 g/mol. The lowest BCUT2D eigenvalue weighted by Crippen LogP contribution is -2.07. The summed E-state index contributed by atoms with van der Waals surface area (Å²) in [5.41, 5.74) is 6.77. The van der Waals surface area contributed by atoms with Crippen molar-refractivity contribution in [2.45, 2.75) is 52.9 Å². The van der Waals surface area contributed by atoms with Crippen molar-refractivity contribution in [2.24, 2.45) is 5.73 Å². The molecule has 0 atom stereocenters. The minimum atomic E-state index is 0.661. The van der Waals surface area contributed by atoms with E-state index in [4.69, 9.17) is 19.9 Å². The van der Waals surface area contributed by atoms with Crippen LogP contribution in [0, 0.1) is 0 Å². The Kier molecular flexibility index (Phi) is 9.47. The number of benzene rings is 1. The van der Waals surface area contributed by atoms with Crippen LogP contribution in [-0.4, -0.2) is 26.4 Å². The van der Waals surface area contributed by atoms with Crippen LogP contribution in [-0.2, 0) is 6.42 Å². The third-order valence-electron chi connectivity index (χ3n) is 3.17. The Morgan fingerprint density at radius 1 is 0.818 bits per heavy atom. The largest absolute Gasteiger partial charge is 0.493 e. The molecule has 0 heterocycles. The van der Waals surface area contributed by atoms with E-state index in [0.29, 0.717) is 26.4 Å². The molecule has 0 radical (unpaired) electrons. The van der Waals surface area contributed by atoms with Gasteiger partial charge < -0.3 is 19.9 Å². The number of hydrogen-bond donors (Lipinski definition) is 1. The van der Waals surface area contributed by atoms with Crippen LogP contribution in [0.15, 0.2) is 12.1 Å². The van der Waals surface area contributed by atoms with Crippen LogP contribution < -0.4 is 19.9 Å². The van der Waals surface area contributed by atoms with E-state index >= 15 is 0 Å². The number of ether oxygens (including phenoxy) is 3. The van der Waals surface area contributed by atoms with Gasteiger partial charge in [0.15, 0.2) is 0 Å². The Labute approximate surface area is 134 Å². The van der Waals surface area contributed by atoms with Gasteiger partial charge in [0, 0.05) is 17.7 Å². The first-order valence-corrected chi connectivity index (χ1v) is 8.52. The monoisotopic (exact) mass is 309 g/mol. The van der Waals surface area contributed by atoms with Crippen LogP contribution in [0.3, 0.4) is 0 Å². The van der Waals surface area contributed by atoms with E-state index in [1.165, 1.54) is 0 Å². The molecule has 0 aromatic heterocycles. The first kappa shape index (κ1) is 18.6. The molecule has 0 amide bonds. The maximum absolute atomic E-state index is 5.92. The summed E-state index contributed by atoms with van der Waals surface area (Å²) in [4.78, 5) is 0. The Morgan fingerprint density at radius 2 is 1.32 bits per heavy atom. The zero-order valence-electron chi connectivity index (χ0n) is 14.3. The summed E-state index contributed by atoms with van der Waals surface area (Å²) >= 11 is 0. The van der Waals surface area contributed by atoms with Crippen molar-refractivity contribution in [1.82, 2.24) is 0 Å². The SMILES string of the molecule is CCCOc1cc(OCCC)c(CCCN)c(OCCC)c1. The van der Waals surface area contributed by atoms with Crippen LogP contribution in [0.2, 0.25) is 0 Å². The molecule has 126 valence electrons. The highest BCUT2D eigenvalue weighted by molar-refractivity contribution is 5.51. The van der Waals surface area contributed by atoms with E-state index in [-0.39, 0.29) is 0 Å². The summed E-state index contributed by atoms with van der Waals surface area (Å²) in [5, 5.41) is 0. The predicted molar refractivity (Wildman–Crippen MR) is 91.2 cm³/mol. The highest BCUT2D eigenvalue weighted by Gasteiger charge is 2.14. The maximum Gasteiger partial charge on any atom is 0.129 e. The molecule has 1 rings (SSSR count). The lowest BCUT2D eigenvalue weighted by Gasteiger charge is -2.18. The molecule has 0 aliphatic rings. The standard InChI is InChI=1S/C18H31NO3/c1-4-10-20-15-13-17(21-11-5-2)16(8-7-9-19)18(14-15)22-12-6-3/h13-14H,4-12,19H2,1-3H3. The topological polar surface area (TPSA) is 53.7 Å². The second-order valence-corrected chi connectivity index (χ2v) is 5.34. The van der Waals surface area contributed by atoms with Gasteiger partial charge in [0.2, 0.25) is 0 Å². The van der Waals surface area contributed by atoms with Crippen molar-refractivity contribution in [2.75, 3.05) is 26.4 Å². The van der Waals surface area contributed by atoms with Gasteiger partial charge >= 0.3 is 0 Å². The minimum Gasteiger partial charge on any atom is -0.493 e. The number of hydrogen-bond acceptors (Lipinski definition) is 4. The molecule has 4 heteroatoms. The summed E-state index contributed by atoms with van der Waals surface area (Å²) in [7, 11) is 0. The fourth-order valence-corrected chi connectivity index (χ4v) is 2.11. The summed E-state index contributed by atoms with van der Waals surface area (Å²) < 4.78 is 17.6. The molecule has 0 aliphatic carbocycles. The summed E-state index contributed by atoms with van der Waals surface area (Å²) in [6.45, 7) is 9.05. The van der Waals surface area contributed by atoms with Gasteiger partial charge in [-0.2, -0.15) is 0 Å². The van der Waals surface area contributed by atoms with Gasteiger partial charge in [-0.25, -0.2) is 0 Å². The van der Waals surface area contributed by atoms with Gasteiger partial charge in [0.25, 0.3) is 0 Å². The second-order valence-electron chi connectivity index (χ2n) is 5.34. The first-order chi connectivity index (χ1) is 10.8. The molecule has 22 heavy (non-hydrogen) atoms. The predicted octanol–water partition coefficient (Wildman–Crippen LogP) is 3.94. The molecular weight excluding hydrogens is 278 g/mol. The zero-order valence-corrected chi connectivity index (χ0v) is 14.3. The first-order valence-electron chi connectivity index (χ1n) is 8.52. The third-order valence-corrected chi connectivity index (χ3v) is 3.17. The lowest BCUT2D eigenvalue weighted by atomic mass is 10.1. The van der Waals surface area contributed by atoms with E-state index in [1.54, 1.807) is 0 Å². The highest BCUT2D eigenvalue weighted by Crippen LogP contribution is 2.35. The summed E-state index contributed by atoms with van der Waals surface area (Å²) in [5.74, 6) is 2.56. The third kappa shape index (κ3) is 6.14. The maximum atomic E-state index is 5.92. The van der Waals surface area contributed by atoms with Crippen molar-refractivity contribution in [3.05, 3.63) is 17.7 Å². The average Bonchev–Trinajstić information content (AvgIpc) is 2.54. The second kappa shape index (κ2) is 11.2. The molecule has 4 nitrogen and oxygen atoms in total. The zero-order chi connectivity index (χ0) is 16.2. The van der Waals surface area contributed by atoms with E-state index in [2.05, 4.69) is 20.8 Å². The molecular formula is C18H31NO3. The molecule has 0 bridgehead atoms. The summed E-state index contributed by atoms with van der Waals surface area (Å²) in [6, 6.07) is 3.96. The van der Waals surface area contributed by atoms with Gasteiger partial charge in [0.05, 0.1) is 19.8 Å². The van der Waals surface area contributed by atoms with E-state index in [9.17, 15) is 0 Å². The highest BCUT2D eigenvalue weighted by atomic mass is 16.5. The molecule has 0 saturated carbocycles. The Bertz CT molecular complexity index is 392. The molecule has 0 spiro atoms. The van der Waals surface area contributed by atoms with Crippen LogP contribution in [0.25, 0.3) is 0 Å². The Morgan fingerprint density at radius 3 is 1.77 bits per heavy atom. The van der Waals surface area contributed by atoms with Crippen molar-refractivity contribution < 1.29 is 14.2 Å². The van der Waals surface area contributed by atoms with Crippen molar-refractivity contribution in [3.63, 3.8) is 0 Å². The van der Waals surface area contributed by atoms with Gasteiger partial charge in [0.1, 0.15) is 17.2 Å². The molecule has 0 unspecified atom stereocenters. The van der Waals surface area contributed by atoms with Crippen LogP contribution >= 0.6 is 0 Å². The Hall–Kier alpha value is -1.42. The van der Waals surface area contributed by atoms with Crippen LogP contribution in [0.1, 0.15) is 52.0 Å². The lowest BCUT2D eigenvalue weighted by molar-refractivity contribution is 0.282. The van der Waals surface area contributed by atoms with Crippen LogP contribution in [0.4, 0.5) is 0 Å². The van der Waals surface area contributed by atoms with E-state index in [0.717, 1.165) is 54.9 Å². The quantitative estimate of drug-likeness (QED) is 0.635. The van der Waals surface area contributed by atoms with Crippen molar-refractivity contribution in [1.29, 1.82) is 0 Å². The molecule has 0 fully saturated rings. The van der Waals surface area contributed by atoms with Crippen molar-refractivity contribution >= 4 is 0 Å². The smallest absolute Gasteiger partial charge is 0.129 e. The van der Waals surface area contributed by atoms with Gasteiger partial charge in [-0.15, -0.1) is 0 Å². The molecule has 1 aromatic carbocycles. The van der Waals surface area contributed by atoms with Gasteiger partial charge in [-0.3, -0.25) is 0 Å². The molecule has 2 N–H and O–H groups in total. The fraction of sp³-hybridized carbons (Fsp3) is 0.667. The number of rotatable bonds is 12. The summed E-state index contributed by atoms with van der Waals surface area (Å²) in [6.07, 6.45) is 4.71. The van der Waals surface area contributed by atoms with Crippen molar-refractivity contribution in [3.8, 4) is 17.2 Å². The fourth-order valence-electron chi connectivity index (χ4n) is 2.11. The minimum absolute atomic E-state index is 0.661. The Balaban J connectivity index is 3.07. The van der Waals surface area contributed by atoms with Crippen LogP contribution in [0.5, 0.6) is 17.2 Å². The van der Waals surface area contributed by atoms with Gasteiger partial charge in [-0.05, 0) is 38.6 Å². The van der Waals surface area contributed by atoms with E-state index in [1.807, 2.05) is 12.1 Å². The molecule has 1 aromatic rings.